The lowest BCUT2D eigenvalue weighted by Crippen LogP contribution is -2.45. The van der Waals surface area contributed by atoms with Gasteiger partial charge in [-0.15, -0.1) is 12.4 Å². The average molecular weight is 313 g/mol. The number of nitrogens with one attached hydrogen (secondary N) is 1. The van der Waals surface area contributed by atoms with E-state index in [1.54, 1.807) is 0 Å². The normalized spacial score (nSPS) is 46.6. The SMILES string of the molecule is Cl.NC1C2CCC(C2)C1C(=O)NCCC1CC2CCC1C2. The predicted molar refractivity (Wildman–Crippen MR) is 86.1 cm³/mol. The molecule has 0 aliphatic heterocycles. The van der Waals surface area contributed by atoms with Crippen LogP contribution < -0.4 is 11.1 Å². The molecule has 0 aromatic heterocycles. The standard InChI is InChI=1S/C17H28N2O.ClH/c18-16-14-4-3-13(9-14)15(16)17(20)19-6-5-12-8-10-1-2-11(12)7-10;/h10-16H,1-9,18H2,(H,19,20);1H. The van der Waals surface area contributed by atoms with Crippen LogP contribution in [0.1, 0.15) is 51.4 Å². The zero-order chi connectivity index (χ0) is 13.7. The van der Waals surface area contributed by atoms with Crippen LogP contribution in [0.15, 0.2) is 0 Å². The van der Waals surface area contributed by atoms with Crippen molar-refractivity contribution in [3.8, 4) is 0 Å². The molecule has 4 aliphatic carbocycles. The first-order valence-corrected chi connectivity index (χ1v) is 8.75. The van der Waals surface area contributed by atoms with Crippen molar-refractivity contribution < 1.29 is 4.79 Å². The van der Waals surface area contributed by atoms with Gasteiger partial charge in [-0.1, -0.05) is 6.42 Å². The Balaban J connectivity index is 0.00000132. The second-order valence-corrected chi connectivity index (χ2v) is 7.95. The number of hydrogen-bond donors (Lipinski definition) is 2. The zero-order valence-electron chi connectivity index (χ0n) is 12.8. The van der Waals surface area contributed by atoms with E-state index in [0.717, 1.165) is 24.3 Å². The van der Waals surface area contributed by atoms with Crippen LogP contribution in [0.5, 0.6) is 0 Å². The molecule has 3 nitrogen and oxygen atoms in total. The summed E-state index contributed by atoms with van der Waals surface area (Å²) in [6.45, 7) is 0.882. The molecule has 21 heavy (non-hydrogen) atoms. The van der Waals surface area contributed by atoms with Crippen molar-refractivity contribution in [2.24, 2.45) is 41.2 Å². The van der Waals surface area contributed by atoms with Crippen molar-refractivity contribution in [3.05, 3.63) is 0 Å². The number of carbonyl (C=O) groups is 1. The zero-order valence-corrected chi connectivity index (χ0v) is 13.6. The molecular weight excluding hydrogens is 284 g/mol. The Bertz CT molecular complexity index is 400. The molecule has 7 unspecified atom stereocenters. The van der Waals surface area contributed by atoms with Crippen molar-refractivity contribution in [1.29, 1.82) is 0 Å². The van der Waals surface area contributed by atoms with Gasteiger partial charge in [-0.2, -0.15) is 0 Å². The first kappa shape index (κ1) is 15.6. The third kappa shape index (κ3) is 2.72. The van der Waals surface area contributed by atoms with E-state index in [2.05, 4.69) is 5.32 Å². The maximum Gasteiger partial charge on any atom is 0.224 e. The third-order valence-corrected chi connectivity index (χ3v) is 6.98. The average Bonchev–Trinajstić information content (AvgIpc) is 3.18. The highest BCUT2D eigenvalue weighted by Gasteiger charge is 2.49. The largest absolute Gasteiger partial charge is 0.356 e. The molecule has 3 N–H and O–H groups in total. The molecule has 120 valence electrons. The number of carbonyl (C=O) groups excluding carboxylic acids is 1. The highest BCUT2D eigenvalue weighted by molar-refractivity contribution is 5.85. The fraction of sp³-hybridized carbons (Fsp3) is 0.941. The third-order valence-electron chi connectivity index (χ3n) is 6.98. The predicted octanol–water partition coefficient (Wildman–Crippen LogP) is 2.72. The van der Waals surface area contributed by atoms with Gasteiger partial charge in [0.2, 0.25) is 5.91 Å². The minimum Gasteiger partial charge on any atom is -0.356 e. The molecule has 7 atom stereocenters. The van der Waals surface area contributed by atoms with Gasteiger partial charge >= 0.3 is 0 Å². The van der Waals surface area contributed by atoms with Crippen LogP contribution in [0.2, 0.25) is 0 Å². The Morgan fingerprint density at radius 1 is 1.00 bits per heavy atom. The number of fused-ring (bicyclic) bond motifs is 4. The molecule has 0 aromatic carbocycles. The van der Waals surface area contributed by atoms with Crippen LogP contribution in [0.3, 0.4) is 0 Å². The minimum atomic E-state index is 0. The maximum absolute atomic E-state index is 12.4. The van der Waals surface area contributed by atoms with E-state index in [-0.39, 0.29) is 30.3 Å². The van der Waals surface area contributed by atoms with E-state index in [0.29, 0.717) is 11.8 Å². The Hall–Kier alpha value is -0.280. The summed E-state index contributed by atoms with van der Waals surface area (Å²) < 4.78 is 0. The molecule has 0 aromatic rings. The first-order chi connectivity index (χ1) is 9.72. The molecule has 4 saturated carbocycles. The number of amides is 1. The van der Waals surface area contributed by atoms with Gasteiger partial charge < -0.3 is 11.1 Å². The number of halogens is 1. The molecule has 4 rings (SSSR count). The van der Waals surface area contributed by atoms with E-state index in [1.807, 2.05) is 0 Å². The Morgan fingerprint density at radius 3 is 2.38 bits per heavy atom. The summed E-state index contributed by atoms with van der Waals surface area (Å²) in [5, 5.41) is 3.21. The lowest BCUT2D eigenvalue weighted by molar-refractivity contribution is -0.127. The smallest absolute Gasteiger partial charge is 0.224 e. The molecule has 4 bridgehead atoms. The van der Waals surface area contributed by atoms with Crippen molar-refractivity contribution in [2.45, 2.75) is 57.4 Å². The van der Waals surface area contributed by atoms with Gasteiger partial charge in [-0.3, -0.25) is 4.79 Å². The highest BCUT2D eigenvalue weighted by atomic mass is 35.5. The van der Waals surface area contributed by atoms with Crippen molar-refractivity contribution >= 4 is 18.3 Å². The molecule has 0 radical (unpaired) electrons. The summed E-state index contributed by atoms with van der Waals surface area (Å²) in [7, 11) is 0. The van der Waals surface area contributed by atoms with Gasteiger partial charge in [0, 0.05) is 12.6 Å². The fourth-order valence-corrected chi connectivity index (χ4v) is 5.95. The van der Waals surface area contributed by atoms with Crippen LogP contribution in [-0.2, 0) is 4.79 Å². The van der Waals surface area contributed by atoms with Gasteiger partial charge in [0.25, 0.3) is 0 Å². The van der Waals surface area contributed by atoms with E-state index in [9.17, 15) is 4.79 Å². The quantitative estimate of drug-likeness (QED) is 0.838. The lowest BCUT2D eigenvalue weighted by Gasteiger charge is -2.27. The highest BCUT2D eigenvalue weighted by Crippen LogP contribution is 2.50. The summed E-state index contributed by atoms with van der Waals surface area (Å²) in [6.07, 6.45) is 10.7. The molecule has 0 saturated heterocycles. The van der Waals surface area contributed by atoms with Crippen LogP contribution in [0.25, 0.3) is 0 Å². The van der Waals surface area contributed by atoms with Gasteiger partial charge in [-0.25, -0.2) is 0 Å². The molecular formula is C17H29ClN2O. The minimum absolute atomic E-state index is 0. The Morgan fingerprint density at radius 2 is 1.76 bits per heavy atom. The second-order valence-electron chi connectivity index (χ2n) is 7.95. The van der Waals surface area contributed by atoms with Crippen molar-refractivity contribution in [1.82, 2.24) is 5.32 Å². The van der Waals surface area contributed by atoms with Gasteiger partial charge in [-0.05, 0) is 74.5 Å². The number of rotatable bonds is 4. The van der Waals surface area contributed by atoms with E-state index in [4.69, 9.17) is 5.73 Å². The van der Waals surface area contributed by atoms with Crippen LogP contribution >= 0.6 is 12.4 Å². The lowest BCUT2D eigenvalue weighted by atomic mass is 9.84. The second kappa shape index (κ2) is 6.08. The molecule has 4 fully saturated rings. The van der Waals surface area contributed by atoms with E-state index in [1.165, 1.54) is 51.4 Å². The Kier molecular flexibility index (Phi) is 4.52. The van der Waals surface area contributed by atoms with Crippen LogP contribution in [0.4, 0.5) is 0 Å². The monoisotopic (exact) mass is 312 g/mol. The van der Waals surface area contributed by atoms with Crippen molar-refractivity contribution in [2.75, 3.05) is 6.54 Å². The fourth-order valence-electron chi connectivity index (χ4n) is 5.95. The summed E-state index contributed by atoms with van der Waals surface area (Å²) >= 11 is 0. The summed E-state index contributed by atoms with van der Waals surface area (Å²) in [5.41, 5.74) is 6.25. The number of nitrogens with two attached hydrogens (primary N) is 1. The van der Waals surface area contributed by atoms with Crippen LogP contribution in [0, 0.1) is 35.5 Å². The molecule has 4 aliphatic rings. The summed E-state index contributed by atoms with van der Waals surface area (Å²) in [6, 6.07) is 0.135. The molecule has 1 amide bonds. The van der Waals surface area contributed by atoms with E-state index < -0.39 is 0 Å². The van der Waals surface area contributed by atoms with Crippen LogP contribution in [-0.4, -0.2) is 18.5 Å². The topological polar surface area (TPSA) is 55.1 Å². The van der Waals surface area contributed by atoms with E-state index >= 15 is 0 Å². The van der Waals surface area contributed by atoms with Crippen molar-refractivity contribution in [3.63, 3.8) is 0 Å². The number of hydrogen-bond acceptors (Lipinski definition) is 2. The first-order valence-electron chi connectivity index (χ1n) is 8.75. The van der Waals surface area contributed by atoms with Gasteiger partial charge in [0.15, 0.2) is 0 Å². The van der Waals surface area contributed by atoms with Gasteiger partial charge in [0.1, 0.15) is 0 Å². The molecule has 0 heterocycles. The molecule has 0 spiro atoms. The Labute approximate surface area is 134 Å². The maximum atomic E-state index is 12.4. The summed E-state index contributed by atoms with van der Waals surface area (Å²) in [4.78, 5) is 12.4. The van der Waals surface area contributed by atoms with Gasteiger partial charge in [0.05, 0.1) is 5.92 Å². The summed E-state index contributed by atoms with van der Waals surface area (Å²) in [5.74, 6) is 4.46. The molecule has 4 heteroatoms.